The molecule has 6 rings (SSSR count). The lowest BCUT2D eigenvalue weighted by Crippen LogP contribution is -2.09. The number of para-hydroxylation sites is 2. The molecule has 0 amide bonds. The van der Waals surface area contributed by atoms with Gasteiger partial charge in [0.05, 0.1) is 55.8 Å². The zero-order chi connectivity index (χ0) is 27.5. The summed E-state index contributed by atoms with van der Waals surface area (Å²) in [6.07, 6.45) is 0.383. The van der Waals surface area contributed by atoms with E-state index in [9.17, 15) is 9.59 Å². The number of nitrogens with zero attached hydrogens (tertiary/aromatic N) is 8. The van der Waals surface area contributed by atoms with Crippen LogP contribution in [0.25, 0.3) is 22.1 Å². The molecule has 0 fully saturated rings. The molecule has 0 bridgehead atoms. The summed E-state index contributed by atoms with van der Waals surface area (Å²) < 4.78 is 8.17. The van der Waals surface area contributed by atoms with Crippen molar-refractivity contribution in [1.82, 2.24) is 30.0 Å². The highest BCUT2D eigenvalue weighted by Crippen LogP contribution is 2.25. The number of carbonyl (C=O) groups excluding carboxylic acids is 1. The van der Waals surface area contributed by atoms with Gasteiger partial charge in [-0.3, -0.25) is 9.59 Å². The van der Waals surface area contributed by atoms with E-state index >= 15 is 0 Å². The molecule has 0 spiro atoms. The maximum Gasteiger partial charge on any atom is 0.307 e. The zero-order valence-corrected chi connectivity index (χ0v) is 21.4. The van der Waals surface area contributed by atoms with Crippen molar-refractivity contribution < 1.29 is 19.4 Å². The third-order valence-corrected chi connectivity index (χ3v) is 5.62. The molecule has 3 aromatic carbocycles. The summed E-state index contributed by atoms with van der Waals surface area (Å²) >= 11 is 0. The lowest BCUT2D eigenvalue weighted by Gasteiger charge is -2.02. The van der Waals surface area contributed by atoms with Crippen LogP contribution in [-0.4, -0.2) is 53.6 Å². The topological polar surface area (TPSA) is 150 Å². The first-order valence-corrected chi connectivity index (χ1v) is 12.4. The van der Waals surface area contributed by atoms with Crippen molar-refractivity contribution >= 4 is 39.7 Å². The van der Waals surface area contributed by atoms with Crippen LogP contribution in [0, 0.1) is 0 Å². The fourth-order valence-corrected chi connectivity index (χ4v) is 3.73. The van der Waals surface area contributed by atoms with E-state index in [1.165, 1.54) is 5.56 Å². The lowest BCUT2D eigenvalue weighted by molar-refractivity contribution is -0.143. The largest absolute Gasteiger partial charge is 0.481 e. The van der Waals surface area contributed by atoms with Crippen LogP contribution in [-0.2, 0) is 34.0 Å². The Morgan fingerprint density at radius 1 is 0.821 bits per heavy atom. The highest BCUT2D eigenvalue weighted by molar-refractivity contribution is 5.75. The molecule has 1 aliphatic heterocycles. The molecule has 1 N–H and O–H groups in total. The van der Waals surface area contributed by atoms with Gasteiger partial charge in [-0.05, 0) is 37.3 Å². The predicted molar refractivity (Wildman–Crippen MR) is 143 cm³/mol. The quantitative estimate of drug-likeness (QED) is 0.302. The van der Waals surface area contributed by atoms with Crippen LogP contribution in [0.3, 0.4) is 0 Å². The van der Waals surface area contributed by atoms with E-state index in [1.54, 1.807) is 16.3 Å². The Labute approximate surface area is 223 Å². The lowest BCUT2D eigenvalue weighted by atomic mass is 10.2. The molecule has 0 saturated carbocycles. The maximum atomic E-state index is 11.2. The fourth-order valence-electron chi connectivity index (χ4n) is 3.73. The van der Waals surface area contributed by atoms with Crippen molar-refractivity contribution in [3.63, 3.8) is 0 Å². The summed E-state index contributed by atoms with van der Waals surface area (Å²) in [7, 11) is 0. The third kappa shape index (κ3) is 7.51. The molecule has 12 heteroatoms. The number of carboxylic acids is 1. The van der Waals surface area contributed by atoms with E-state index in [2.05, 4.69) is 36.9 Å². The molecule has 12 nitrogen and oxygen atoms in total. The molecule has 0 radical (unpaired) electrons. The minimum absolute atomic E-state index is 0.0629. The summed E-state index contributed by atoms with van der Waals surface area (Å²) in [5.74, 6) is -1.04. The van der Waals surface area contributed by atoms with Gasteiger partial charge in [0, 0.05) is 5.56 Å². The van der Waals surface area contributed by atoms with Crippen LogP contribution in [0.4, 0.5) is 5.69 Å². The number of benzene rings is 3. The number of carboxylic acid groups (broad SMARTS) is 1. The molecule has 5 aromatic rings. The average Bonchev–Trinajstić information content (AvgIpc) is 3.70. The highest BCUT2D eigenvalue weighted by Gasteiger charge is 2.07. The zero-order valence-electron chi connectivity index (χ0n) is 21.4. The van der Waals surface area contributed by atoms with Gasteiger partial charge in [0.2, 0.25) is 0 Å². The number of aromatic nitrogens is 6. The number of fused-ring (bicyclic) bond motifs is 3. The average molecular weight is 529 g/mol. The summed E-state index contributed by atoms with van der Waals surface area (Å²) in [4.78, 5) is 21.6. The third-order valence-electron chi connectivity index (χ3n) is 5.62. The van der Waals surface area contributed by atoms with Crippen LogP contribution >= 0.6 is 0 Å². The molecular weight excluding hydrogens is 500 g/mol. The number of aliphatic carboxylic acids is 1. The van der Waals surface area contributed by atoms with E-state index in [1.807, 2.05) is 66.7 Å². The van der Waals surface area contributed by atoms with Gasteiger partial charge in [0.25, 0.3) is 0 Å². The number of hydrogen-bond donors (Lipinski definition) is 1. The van der Waals surface area contributed by atoms with Gasteiger partial charge in [-0.25, -0.2) is 9.36 Å². The molecule has 0 aliphatic carbocycles. The Bertz CT molecular complexity index is 1580. The smallest absolute Gasteiger partial charge is 0.307 e. The van der Waals surface area contributed by atoms with Gasteiger partial charge in [-0.2, -0.15) is 10.2 Å². The molecule has 200 valence electrons. The van der Waals surface area contributed by atoms with Crippen LogP contribution in [0.1, 0.15) is 25.3 Å². The van der Waals surface area contributed by atoms with Crippen LogP contribution in [0.15, 0.2) is 83.0 Å². The number of ether oxygens (including phenoxy) is 1. The van der Waals surface area contributed by atoms with Crippen molar-refractivity contribution in [1.29, 1.82) is 0 Å². The van der Waals surface area contributed by atoms with Crippen molar-refractivity contribution in [3.05, 3.63) is 78.4 Å². The standard InChI is InChI=1S/C11H13N3O2.C9H9N3O2.C7H6N2/c1-2-16-11(15)7-8-14-10-6-4-3-5-9(10)12-13-14;13-9(14)5-6-12-8-4-2-1-3-7(8)10-11-12;1-2-4-7-6(3-1)5-8-9-7/h3-6H,2,7-8H2,1H3;1-4H,5-6H2,(H,13,14);1-4H,5H2. The molecule has 0 saturated heterocycles. The minimum atomic E-state index is -0.829. The molecule has 2 aromatic heterocycles. The van der Waals surface area contributed by atoms with Crippen molar-refractivity contribution in [2.45, 2.75) is 39.4 Å². The summed E-state index contributed by atoms with van der Waals surface area (Å²) in [6, 6.07) is 23.1. The van der Waals surface area contributed by atoms with E-state index in [0.29, 0.717) is 26.1 Å². The molecule has 0 unspecified atom stereocenters. The van der Waals surface area contributed by atoms with Gasteiger partial charge in [0.15, 0.2) is 0 Å². The summed E-state index contributed by atoms with van der Waals surface area (Å²) in [5.41, 5.74) is 5.69. The number of aryl methyl sites for hydroxylation is 2. The number of hydrogen-bond acceptors (Lipinski definition) is 9. The van der Waals surface area contributed by atoms with E-state index in [0.717, 1.165) is 34.3 Å². The first-order valence-electron chi connectivity index (χ1n) is 12.4. The van der Waals surface area contributed by atoms with Crippen molar-refractivity contribution in [2.75, 3.05) is 6.61 Å². The van der Waals surface area contributed by atoms with Crippen LogP contribution in [0.5, 0.6) is 0 Å². The van der Waals surface area contributed by atoms with Crippen LogP contribution < -0.4 is 0 Å². The van der Waals surface area contributed by atoms with E-state index in [4.69, 9.17) is 9.84 Å². The summed E-state index contributed by atoms with van der Waals surface area (Å²) in [6.45, 7) is 3.82. The molecule has 1 aliphatic rings. The SMILES string of the molecule is CCOC(=O)CCn1nnc2ccccc21.O=C(O)CCn1nnc2ccccc21.c1ccc2c(c1)CN=N2. The van der Waals surface area contributed by atoms with Gasteiger partial charge < -0.3 is 9.84 Å². The number of esters is 1. The van der Waals surface area contributed by atoms with Gasteiger partial charge >= 0.3 is 11.9 Å². The normalized spacial score (nSPS) is 11.3. The Morgan fingerprint density at radius 3 is 1.97 bits per heavy atom. The fraction of sp³-hybridized carbons (Fsp3) is 0.259. The Morgan fingerprint density at radius 2 is 1.38 bits per heavy atom. The van der Waals surface area contributed by atoms with Crippen LogP contribution in [0.2, 0.25) is 0 Å². The summed E-state index contributed by atoms with van der Waals surface area (Å²) in [5, 5.41) is 32.1. The predicted octanol–water partition coefficient (Wildman–Crippen LogP) is 4.57. The van der Waals surface area contributed by atoms with Crippen molar-refractivity contribution in [2.24, 2.45) is 10.2 Å². The monoisotopic (exact) mass is 528 g/mol. The van der Waals surface area contributed by atoms with Gasteiger partial charge in [-0.1, -0.05) is 52.9 Å². The van der Waals surface area contributed by atoms with Gasteiger partial charge in [0.1, 0.15) is 11.0 Å². The van der Waals surface area contributed by atoms with Crippen molar-refractivity contribution in [3.8, 4) is 0 Å². The first-order chi connectivity index (χ1) is 19.0. The second kappa shape index (κ2) is 13.5. The second-order valence-electron chi connectivity index (χ2n) is 8.33. The molecule has 39 heavy (non-hydrogen) atoms. The Balaban J connectivity index is 0.000000140. The second-order valence-corrected chi connectivity index (χ2v) is 8.33. The Kier molecular flexibility index (Phi) is 9.37. The number of carbonyl (C=O) groups is 2. The number of rotatable bonds is 7. The first kappa shape index (κ1) is 27.0. The number of azo groups is 1. The maximum absolute atomic E-state index is 11.2. The molecular formula is C27H28N8O4. The minimum Gasteiger partial charge on any atom is -0.481 e. The highest BCUT2D eigenvalue weighted by atomic mass is 16.5. The molecule has 3 heterocycles. The van der Waals surface area contributed by atoms with E-state index < -0.39 is 5.97 Å². The van der Waals surface area contributed by atoms with Gasteiger partial charge in [-0.15, -0.1) is 10.2 Å². The Hall–Kier alpha value is -5.00. The van der Waals surface area contributed by atoms with E-state index in [-0.39, 0.29) is 12.4 Å². The molecule has 0 atom stereocenters.